The van der Waals surface area contributed by atoms with Crippen LogP contribution >= 0.6 is 23.2 Å². The normalized spacial score (nSPS) is 11.0. The zero-order valence-electron chi connectivity index (χ0n) is 14.8. The van der Waals surface area contributed by atoms with Crippen molar-refractivity contribution in [1.29, 1.82) is 0 Å². The molecule has 0 atom stereocenters. The first-order chi connectivity index (χ1) is 13.8. The van der Waals surface area contributed by atoms with E-state index in [0.29, 0.717) is 0 Å². The number of methoxy groups -OCH3 is 1. The van der Waals surface area contributed by atoms with Crippen LogP contribution in [0.3, 0.4) is 0 Å². The molecule has 0 saturated carbocycles. The number of aliphatic imine (C=N–C) groups is 1. The monoisotopic (exact) mass is 433 g/mol. The third-order valence-electron chi connectivity index (χ3n) is 3.91. The van der Waals surface area contributed by atoms with Crippen molar-refractivity contribution >= 4 is 41.1 Å². The third kappa shape index (κ3) is 4.08. The lowest BCUT2D eigenvalue weighted by Gasteiger charge is -2.10. The molecule has 8 nitrogen and oxygen atoms in total. The van der Waals surface area contributed by atoms with Crippen LogP contribution in [0.2, 0.25) is 10.0 Å². The number of nitrogens with one attached hydrogen (secondary N) is 1. The Bertz CT molecular complexity index is 1250. The molecule has 3 aromatic rings. The second kappa shape index (κ2) is 8.34. The number of nitrogens with zero attached hydrogens (tertiary/aromatic N) is 2. The number of aromatic nitrogens is 2. The van der Waals surface area contributed by atoms with Gasteiger partial charge in [-0.1, -0.05) is 35.3 Å². The number of benzene rings is 2. The Balaban J connectivity index is 2.10. The van der Waals surface area contributed by atoms with Crippen LogP contribution in [-0.4, -0.2) is 34.0 Å². The quantitative estimate of drug-likeness (QED) is 0.484. The fourth-order valence-corrected chi connectivity index (χ4v) is 2.93. The van der Waals surface area contributed by atoms with Crippen molar-refractivity contribution in [3.8, 4) is 11.6 Å². The Labute approximate surface area is 173 Å². The summed E-state index contributed by atoms with van der Waals surface area (Å²) < 4.78 is 5.50. The van der Waals surface area contributed by atoms with E-state index in [1.165, 1.54) is 37.4 Å². The van der Waals surface area contributed by atoms with Gasteiger partial charge in [0.2, 0.25) is 5.88 Å². The number of para-hydroxylation sites is 1. The van der Waals surface area contributed by atoms with Crippen molar-refractivity contribution in [3.63, 3.8) is 0 Å². The van der Waals surface area contributed by atoms with E-state index < -0.39 is 23.1 Å². The fourth-order valence-electron chi connectivity index (χ4n) is 2.51. The lowest BCUT2D eigenvalue weighted by Crippen LogP contribution is -2.31. The van der Waals surface area contributed by atoms with E-state index >= 15 is 0 Å². The van der Waals surface area contributed by atoms with Gasteiger partial charge < -0.3 is 9.84 Å². The molecule has 2 N–H and O–H groups in total. The number of esters is 1. The first-order valence-corrected chi connectivity index (χ1v) is 8.84. The van der Waals surface area contributed by atoms with Crippen LogP contribution in [0, 0.1) is 0 Å². The van der Waals surface area contributed by atoms with Gasteiger partial charge in [0.1, 0.15) is 5.56 Å². The van der Waals surface area contributed by atoms with Crippen molar-refractivity contribution in [1.82, 2.24) is 9.55 Å². The second-order valence-corrected chi connectivity index (χ2v) is 6.51. The highest BCUT2D eigenvalue weighted by atomic mass is 35.5. The van der Waals surface area contributed by atoms with E-state index in [1.807, 2.05) is 0 Å². The van der Waals surface area contributed by atoms with Gasteiger partial charge in [0, 0.05) is 6.21 Å². The molecule has 0 amide bonds. The Morgan fingerprint density at radius 3 is 2.59 bits per heavy atom. The van der Waals surface area contributed by atoms with Gasteiger partial charge in [-0.15, -0.1) is 0 Å². The Kier molecular flexibility index (Phi) is 5.86. The molecule has 0 unspecified atom stereocenters. The first kappa shape index (κ1) is 20.4. The number of rotatable bonds is 4. The third-order valence-corrected chi connectivity index (χ3v) is 4.56. The minimum Gasteiger partial charge on any atom is -0.493 e. The highest BCUT2D eigenvalue weighted by Gasteiger charge is 2.16. The van der Waals surface area contributed by atoms with Gasteiger partial charge in [0.05, 0.1) is 34.1 Å². The molecule has 2 aromatic carbocycles. The maximum Gasteiger partial charge on any atom is 0.339 e. The van der Waals surface area contributed by atoms with Crippen LogP contribution in [0.15, 0.2) is 57.0 Å². The van der Waals surface area contributed by atoms with Gasteiger partial charge in [-0.3, -0.25) is 14.8 Å². The largest absolute Gasteiger partial charge is 0.493 e. The highest BCUT2D eigenvalue weighted by molar-refractivity contribution is 6.33. The number of hydrogen-bond acceptors (Lipinski definition) is 6. The number of halogens is 2. The molecule has 0 aliphatic rings. The zero-order valence-corrected chi connectivity index (χ0v) is 16.4. The number of carbonyl (C=O) groups excluding carboxylic acids is 1. The molecule has 29 heavy (non-hydrogen) atoms. The predicted octanol–water partition coefficient (Wildman–Crippen LogP) is 3.08. The van der Waals surface area contributed by atoms with E-state index in [0.717, 1.165) is 10.8 Å². The van der Waals surface area contributed by atoms with Gasteiger partial charge in [-0.25, -0.2) is 14.2 Å². The van der Waals surface area contributed by atoms with Crippen LogP contribution in [0.5, 0.6) is 5.88 Å². The molecule has 1 aromatic heterocycles. The van der Waals surface area contributed by atoms with Crippen LogP contribution in [-0.2, 0) is 4.74 Å². The summed E-state index contributed by atoms with van der Waals surface area (Å²) in [4.78, 5) is 42.3. The summed E-state index contributed by atoms with van der Waals surface area (Å²) >= 11 is 12.1. The Morgan fingerprint density at radius 2 is 1.90 bits per heavy atom. The average Bonchev–Trinajstić information content (AvgIpc) is 2.69. The van der Waals surface area contributed by atoms with E-state index in [-0.39, 0.29) is 32.5 Å². The van der Waals surface area contributed by atoms with Gasteiger partial charge >= 0.3 is 11.7 Å². The maximum absolute atomic E-state index is 12.2. The number of H-pyrrole nitrogens is 1. The van der Waals surface area contributed by atoms with Crippen LogP contribution < -0.4 is 11.2 Å². The molecule has 0 fully saturated rings. The van der Waals surface area contributed by atoms with Crippen molar-refractivity contribution in [3.05, 3.63) is 84.5 Å². The molecule has 1 heterocycles. The van der Waals surface area contributed by atoms with Crippen molar-refractivity contribution in [2.24, 2.45) is 4.99 Å². The molecule has 0 spiro atoms. The molecule has 3 rings (SSSR count). The van der Waals surface area contributed by atoms with E-state index in [4.69, 9.17) is 23.2 Å². The standard InChI is InChI=1S/C19H13Cl2N3O5/c1-29-18(27)11-8-10(6-7-13(11)20)22-9-12-16(25)23-19(28)24(17(12)26)15-5-3-2-4-14(15)21/h2-9,26H,1H3,(H,23,25,28). The summed E-state index contributed by atoms with van der Waals surface area (Å²) in [7, 11) is 1.21. The number of hydrogen-bond donors (Lipinski definition) is 2. The minimum absolute atomic E-state index is 0.0861. The summed E-state index contributed by atoms with van der Waals surface area (Å²) in [6, 6.07) is 10.6. The van der Waals surface area contributed by atoms with Crippen molar-refractivity contribution < 1.29 is 14.6 Å². The smallest absolute Gasteiger partial charge is 0.339 e. The van der Waals surface area contributed by atoms with E-state index in [1.54, 1.807) is 12.1 Å². The molecule has 0 bridgehead atoms. The summed E-state index contributed by atoms with van der Waals surface area (Å²) in [5.74, 6) is -1.29. The number of aromatic amines is 1. The molecule has 0 aliphatic carbocycles. The molecule has 148 valence electrons. The lowest BCUT2D eigenvalue weighted by atomic mass is 10.2. The number of aromatic hydroxyl groups is 1. The first-order valence-electron chi connectivity index (χ1n) is 8.08. The Morgan fingerprint density at radius 1 is 1.17 bits per heavy atom. The molecular weight excluding hydrogens is 421 g/mol. The summed E-state index contributed by atoms with van der Waals surface area (Å²) in [6.45, 7) is 0. The number of ether oxygens (including phenoxy) is 1. The van der Waals surface area contributed by atoms with Crippen LogP contribution in [0.25, 0.3) is 5.69 Å². The maximum atomic E-state index is 12.2. The van der Waals surface area contributed by atoms with Crippen LogP contribution in [0.1, 0.15) is 15.9 Å². The Hall–Kier alpha value is -3.36. The molecule has 10 heteroatoms. The lowest BCUT2D eigenvalue weighted by molar-refractivity contribution is 0.0601. The SMILES string of the molecule is COC(=O)c1cc(N=Cc2c(O)n(-c3ccccc3Cl)c(=O)[nH]c2=O)ccc1Cl. The van der Waals surface area contributed by atoms with E-state index in [9.17, 15) is 19.5 Å². The average molecular weight is 434 g/mol. The highest BCUT2D eigenvalue weighted by Crippen LogP contribution is 2.25. The van der Waals surface area contributed by atoms with Gasteiger partial charge in [-0.05, 0) is 30.3 Å². The number of carbonyl (C=O) groups is 1. The summed E-state index contributed by atoms with van der Waals surface area (Å²) in [5.41, 5.74) is -1.45. The summed E-state index contributed by atoms with van der Waals surface area (Å²) in [5, 5.41) is 10.9. The van der Waals surface area contributed by atoms with Gasteiger partial charge in [0.15, 0.2) is 0 Å². The topological polar surface area (TPSA) is 114 Å². The molecule has 0 radical (unpaired) electrons. The van der Waals surface area contributed by atoms with Gasteiger partial charge in [0.25, 0.3) is 5.56 Å². The van der Waals surface area contributed by atoms with Gasteiger partial charge in [-0.2, -0.15) is 0 Å². The zero-order chi connectivity index (χ0) is 21.1. The second-order valence-electron chi connectivity index (χ2n) is 5.70. The molecular formula is C19H13Cl2N3O5. The van der Waals surface area contributed by atoms with Crippen molar-refractivity contribution in [2.75, 3.05) is 7.11 Å². The van der Waals surface area contributed by atoms with E-state index in [2.05, 4.69) is 14.7 Å². The fraction of sp³-hybridized carbons (Fsp3) is 0.0526. The van der Waals surface area contributed by atoms with Crippen LogP contribution in [0.4, 0.5) is 5.69 Å². The minimum atomic E-state index is -0.864. The summed E-state index contributed by atoms with van der Waals surface area (Å²) in [6.07, 6.45) is 1.06. The predicted molar refractivity (Wildman–Crippen MR) is 109 cm³/mol. The van der Waals surface area contributed by atoms with Crippen molar-refractivity contribution in [2.45, 2.75) is 0 Å². The molecule has 0 aliphatic heterocycles. The molecule has 0 saturated heterocycles.